The predicted molar refractivity (Wildman–Crippen MR) is 97.7 cm³/mol. The summed E-state index contributed by atoms with van der Waals surface area (Å²) < 4.78 is 37.3. The van der Waals surface area contributed by atoms with Crippen LogP contribution in [0.1, 0.15) is 0 Å². The van der Waals surface area contributed by atoms with Crippen molar-refractivity contribution < 1.29 is 17.6 Å². The van der Waals surface area contributed by atoms with Gasteiger partial charge in [-0.2, -0.15) is 4.31 Å². The summed E-state index contributed by atoms with van der Waals surface area (Å²) in [7, 11) is -3.20. The zero-order chi connectivity index (χ0) is 18.7. The molecule has 1 N–H and O–H groups in total. The highest BCUT2D eigenvalue weighted by molar-refractivity contribution is 7.99. The molecule has 0 spiro atoms. The Labute approximate surface area is 155 Å². The predicted octanol–water partition coefficient (Wildman–Crippen LogP) is 1.41. The molecule has 1 aromatic carbocycles. The average Bonchev–Trinajstić information content (AvgIpc) is 3.08. The number of nitrogens with zero attached hydrogens (tertiary/aromatic N) is 3. The van der Waals surface area contributed by atoms with Crippen LogP contribution in [0.25, 0.3) is 11.3 Å². The molecule has 0 saturated carbocycles. The van der Waals surface area contributed by atoms with Gasteiger partial charge in [0.05, 0.1) is 23.9 Å². The zero-order valence-electron chi connectivity index (χ0n) is 14.2. The van der Waals surface area contributed by atoms with Crippen LogP contribution in [0.5, 0.6) is 0 Å². The third-order valence-electron chi connectivity index (χ3n) is 4.10. The molecule has 0 aliphatic carbocycles. The summed E-state index contributed by atoms with van der Waals surface area (Å²) in [6, 6.07) is 6.07. The van der Waals surface area contributed by atoms with Crippen LogP contribution in [-0.2, 0) is 14.8 Å². The van der Waals surface area contributed by atoms with Gasteiger partial charge in [0.25, 0.3) is 0 Å². The average molecular weight is 398 g/mol. The SMILES string of the molecule is CS(=O)(=O)N1CCN(C(=O)CSc2ncc(-c3ccc(F)cc3)[nH]2)CC1. The van der Waals surface area contributed by atoms with Crippen molar-refractivity contribution in [3.63, 3.8) is 0 Å². The lowest BCUT2D eigenvalue weighted by atomic mass is 10.2. The molecule has 3 rings (SSSR count). The maximum absolute atomic E-state index is 13.0. The number of piperazine rings is 1. The Balaban J connectivity index is 1.52. The number of nitrogens with one attached hydrogen (secondary N) is 1. The topological polar surface area (TPSA) is 86.4 Å². The van der Waals surface area contributed by atoms with Crippen molar-refractivity contribution in [1.29, 1.82) is 0 Å². The molecule has 1 aliphatic rings. The molecule has 26 heavy (non-hydrogen) atoms. The Morgan fingerprint density at radius 2 is 1.88 bits per heavy atom. The van der Waals surface area contributed by atoms with Crippen LogP contribution in [0.3, 0.4) is 0 Å². The lowest BCUT2D eigenvalue weighted by Crippen LogP contribution is -2.50. The highest BCUT2D eigenvalue weighted by Crippen LogP contribution is 2.22. The van der Waals surface area contributed by atoms with Crippen molar-refractivity contribution in [2.24, 2.45) is 0 Å². The standard InChI is InChI=1S/C16H19FN4O3S2/c1-26(23,24)21-8-6-20(7-9-21)15(22)11-25-16-18-10-14(19-16)12-2-4-13(17)5-3-12/h2-5,10H,6-9,11H2,1H3,(H,18,19). The first-order valence-corrected chi connectivity index (χ1v) is 10.8. The van der Waals surface area contributed by atoms with E-state index in [0.717, 1.165) is 11.3 Å². The van der Waals surface area contributed by atoms with E-state index in [0.29, 0.717) is 31.3 Å². The van der Waals surface area contributed by atoms with Gasteiger partial charge in [0.2, 0.25) is 15.9 Å². The Morgan fingerprint density at radius 1 is 1.23 bits per heavy atom. The number of rotatable bonds is 5. The van der Waals surface area contributed by atoms with Gasteiger partial charge in [0.1, 0.15) is 5.82 Å². The fourth-order valence-corrected chi connectivity index (χ4v) is 4.22. The monoisotopic (exact) mass is 398 g/mol. The second kappa shape index (κ2) is 7.77. The second-order valence-corrected chi connectivity index (χ2v) is 8.89. The van der Waals surface area contributed by atoms with Crippen molar-refractivity contribution in [3.05, 3.63) is 36.3 Å². The van der Waals surface area contributed by atoms with Crippen molar-refractivity contribution in [2.75, 3.05) is 38.2 Å². The first-order chi connectivity index (χ1) is 12.3. The van der Waals surface area contributed by atoms with Gasteiger partial charge in [0.15, 0.2) is 5.16 Å². The number of hydrogen-bond acceptors (Lipinski definition) is 5. The van der Waals surface area contributed by atoms with Gasteiger partial charge in [-0.25, -0.2) is 17.8 Å². The van der Waals surface area contributed by atoms with E-state index in [9.17, 15) is 17.6 Å². The molecule has 10 heteroatoms. The molecule has 1 saturated heterocycles. The minimum atomic E-state index is -3.20. The van der Waals surface area contributed by atoms with Crippen LogP contribution in [-0.4, -0.2) is 71.7 Å². The van der Waals surface area contributed by atoms with Crippen LogP contribution >= 0.6 is 11.8 Å². The summed E-state index contributed by atoms with van der Waals surface area (Å²) >= 11 is 1.28. The smallest absolute Gasteiger partial charge is 0.233 e. The van der Waals surface area contributed by atoms with Crippen molar-refractivity contribution in [2.45, 2.75) is 5.16 Å². The number of imidazole rings is 1. The van der Waals surface area contributed by atoms with Gasteiger partial charge < -0.3 is 9.88 Å². The minimum Gasteiger partial charge on any atom is -0.339 e. The van der Waals surface area contributed by atoms with Crippen molar-refractivity contribution >= 4 is 27.7 Å². The van der Waals surface area contributed by atoms with Gasteiger partial charge in [0, 0.05) is 26.2 Å². The molecule has 0 atom stereocenters. The molecule has 0 bridgehead atoms. The molecule has 2 aromatic rings. The molecular formula is C16H19FN4O3S2. The van der Waals surface area contributed by atoms with E-state index in [-0.39, 0.29) is 17.5 Å². The van der Waals surface area contributed by atoms with E-state index < -0.39 is 10.0 Å². The van der Waals surface area contributed by atoms with Crippen molar-refractivity contribution in [3.8, 4) is 11.3 Å². The minimum absolute atomic E-state index is 0.0529. The number of aromatic amines is 1. The highest BCUT2D eigenvalue weighted by Gasteiger charge is 2.26. The normalized spacial score (nSPS) is 16.0. The van der Waals surface area contributed by atoms with Gasteiger partial charge in [-0.05, 0) is 29.8 Å². The van der Waals surface area contributed by atoms with Gasteiger partial charge in [-0.1, -0.05) is 11.8 Å². The Hall–Kier alpha value is -1.91. The van der Waals surface area contributed by atoms with Crippen LogP contribution in [0.4, 0.5) is 4.39 Å². The summed E-state index contributed by atoms with van der Waals surface area (Å²) in [6.07, 6.45) is 2.82. The summed E-state index contributed by atoms with van der Waals surface area (Å²) in [5, 5.41) is 0.604. The largest absolute Gasteiger partial charge is 0.339 e. The Morgan fingerprint density at radius 3 is 2.50 bits per heavy atom. The van der Waals surface area contributed by atoms with E-state index >= 15 is 0 Å². The van der Waals surface area contributed by atoms with Crippen LogP contribution in [0.2, 0.25) is 0 Å². The van der Waals surface area contributed by atoms with Crippen LogP contribution in [0.15, 0.2) is 35.6 Å². The number of aromatic nitrogens is 2. The number of carbonyl (C=O) groups excluding carboxylic acids is 1. The molecule has 1 amide bonds. The summed E-state index contributed by atoms with van der Waals surface area (Å²) in [5.74, 6) is -0.137. The molecular weight excluding hydrogens is 379 g/mol. The number of halogens is 1. The molecule has 140 valence electrons. The molecule has 1 fully saturated rings. The second-order valence-electron chi connectivity index (χ2n) is 5.94. The lowest BCUT2D eigenvalue weighted by molar-refractivity contribution is -0.129. The third kappa shape index (κ3) is 4.63. The zero-order valence-corrected chi connectivity index (χ0v) is 15.8. The molecule has 0 radical (unpaired) electrons. The van der Waals surface area contributed by atoms with Crippen LogP contribution < -0.4 is 0 Å². The first kappa shape index (κ1) is 18.9. The number of hydrogen-bond donors (Lipinski definition) is 1. The maximum atomic E-state index is 13.0. The van der Waals surface area contributed by atoms with E-state index in [1.165, 1.54) is 34.5 Å². The lowest BCUT2D eigenvalue weighted by Gasteiger charge is -2.33. The number of amides is 1. The number of sulfonamides is 1. The molecule has 7 nitrogen and oxygen atoms in total. The van der Waals surface area contributed by atoms with Gasteiger partial charge in [-0.15, -0.1) is 0 Å². The fraction of sp³-hybridized carbons (Fsp3) is 0.375. The third-order valence-corrected chi connectivity index (χ3v) is 6.28. The van der Waals surface area contributed by atoms with Crippen molar-refractivity contribution in [1.82, 2.24) is 19.2 Å². The van der Waals surface area contributed by atoms with Gasteiger partial charge in [-0.3, -0.25) is 4.79 Å². The molecule has 1 aliphatic heterocycles. The van der Waals surface area contributed by atoms with Gasteiger partial charge >= 0.3 is 0 Å². The number of H-pyrrole nitrogens is 1. The van der Waals surface area contributed by atoms with E-state index in [1.54, 1.807) is 23.2 Å². The summed E-state index contributed by atoms with van der Waals surface area (Å²) in [4.78, 5) is 21.3. The fourth-order valence-electron chi connectivity index (χ4n) is 2.64. The Bertz CT molecular complexity index is 875. The van der Waals surface area contributed by atoms with E-state index in [1.807, 2.05) is 0 Å². The summed E-state index contributed by atoms with van der Waals surface area (Å²) in [6.45, 7) is 1.44. The maximum Gasteiger partial charge on any atom is 0.233 e. The molecule has 2 heterocycles. The molecule has 0 unspecified atom stereocenters. The summed E-state index contributed by atoms with van der Waals surface area (Å²) in [5.41, 5.74) is 1.57. The highest BCUT2D eigenvalue weighted by atomic mass is 32.2. The quantitative estimate of drug-likeness (QED) is 0.770. The first-order valence-electron chi connectivity index (χ1n) is 7.99. The van der Waals surface area contributed by atoms with E-state index in [4.69, 9.17) is 0 Å². The molecule has 1 aromatic heterocycles. The Kier molecular flexibility index (Phi) is 5.64. The van der Waals surface area contributed by atoms with E-state index in [2.05, 4.69) is 9.97 Å². The number of thioether (sulfide) groups is 1. The number of carbonyl (C=O) groups is 1. The number of benzene rings is 1. The van der Waals surface area contributed by atoms with Crippen LogP contribution in [0, 0.1) is 5.82 Å².